The summed E-state index contributed by atoms with van der Waals surface area (Å²) in [4.78, 5) is 23.7. The van der Waals surface area contributed by atoms with Crippen LogP contribution in [0.25, 0.3) is 0 Å². The second-order valence-corrected chi connectivity index (χ2v) is 10.4. The lowest BCUT2D eigenvalue weighted by Gasteiger charge is -2.26. The zero-order chi connectivity index (χ0) is 33.1. The SMILES string of the molecule is COc1ccc([C@@H]2CC(=O)Oc3cc(O)cc(O)c32)cc1OC.COc1ccc([C@H]2CC(=O)Oc3cc(O)cc(O)c32)cc1OC. The van der Waals surface area contributed by atoms with Crippen molar-refractivity contribution in [1.29, 1.82) is 0 Å². The summed E-state index contributed by atoms with van der Waals surface area (Å²) in [6.45, 7) is 0. The molecule has 2 aliphatic heterocycles. The van der Waals surface area contributed by atoms with E-state index < -0.39 is 23.8 Å². The number of benzene rings is 4. The van der Waals surface area contributed by atoms with E-state index in [1.54, 1.807) is 50.6 Å². The fourth-order valence-electron chi connectivity index (χ4n) is 5.64. The highest BCUT2D eigenvalue weighted by Gasteiger charge is 2.33. The molecule has 12 heteroatoms. The Morgan fingerprint density at radius 2 is 0.913 bits per heavy atom. The summed E-state index contributed by atoms with van der Waals surface area (Å²) >= 11 is 0. The molecule has 4 N–H and O–H groups in total. The molecule has 46 heavy (non-hydrogen) atoms. The quantitative estimate of drug-likeness (QED) is 0.164. The lowest BCUT2D eigenvalue weighted by Crippen LogP contribution is -2.21. The molecule has 0 unspecified atom stereocenters. The number of esters is 2. The second-order valence-electron chi connectivity index (χ2n) is 10.4. The normalized spacial score (nSPS) is 16.4. The van der Waals surface area contributed by atoms with Crippen molar-refractivity contribution < 1.29 is 58.4 Å². The summed E-state index contributed by atoms with van der Waals surface area (Å²) in [5, 5.41) is 39.5. The molecule has 0 aliphatic carbocycles. The Kier molecular flexibility index (Phi) is 8.99. The summed E-state index contributed by atoms with van der Waals surface area (Å²) in [6.07, 6.45) is 0.168. The topological polar surface area (TPSA) is 170 Å². The summed E-state index contributed by atoms with van der Waals surface area (Å²) in [7, 11) is 6.14. The molecule has 4 aromatic rings. The van der Waals surface area contributed by atoms with E-state index in [4.69, 9.17) is 28.4 Å². The molecule has 0 saturated carbocycles. The molecule has 2 heterocycles. The Bertz CT molecular complexity index is 1670. The number of methoxy groups -OCH3 is 4. The van der Waals surface area contributed by atoms with Crippen LogP contribution in [0.3, 0.4) is 0 Å². The van der Waals surface area contributed by atoms with Gasteiger partial charge in [0, 0.05) is 47.2 Å². The molecule has 4 aromatic carbocycles. The third-order valence-corrected chi connectivity index (χ3v) is 7.72. The number of hydrogen-bond donors (Lipinski definition) is 4. The molecule has 6 rings (SSSR count). The van der Waals surface area contributed by atoms with Crippen LogP contribution in [0.15, 0.2) is 60.7 Å². The van der Waals surface area contributed by atoms with Gasteiger partial charge in [-0.1, -0.05) is 12.1 Å². The number of phenols is 4. The van der Waals surface area contributed by atoms with Crippen LogP contribution in [-0.2, 0) is 9.59 Å². The fourth-order valence-corrected chi connectivity index (χ4v) is 5.64. The Morgan fingerprint density at radius 3 is 1.26 bits per heavy atom. The number of rotatable bonds is 6. The van der Waals surface area contributed by atoms with Crippen molar-refractivity contribution in [3.05, 3.63) is 82.9 Å². The van der Waals surface area contributed by atoms with Gasteiger partial charge in [-0.3, -0.25) is 9.59 Å². The van der Waals surface area contributed by atoms with Crippen LogP contribution in [0.5, 0.6) is 57.5 Å². The van der Waals surface area contributed by atoms with Gasteiger partial charge in [0.05, 0.1) is 41.3 Å². The van der Waals surface area contributed by atoms with Gasteiger partial charge in [-0.2, -0.15) is 0 Å². The van der Waals surface area contributed by atoms with Crippen molar-refractivity contribution in [2.24, 2.45) is 0 Å². The van der Waals surface area contributed by atoms with Gasteiger partial charge in [0.25, 0.3) is 0 Å². The minimum Gasteiger partial charge on any atom is -0.508 e. The lowest BCUT2D eigenvalue weighted by atomic mass is 9.85. The zero-order valence-corrected chi connectivity index (χ0v) is 25.4. The van der Waals surface area contributed by atoms with Crippen LogP contribution in [0.1, 0.15) is 46.9 Å². The number of carbonyl (C=O) groups is 2. The Labute approximate surface area is 263 Å². The highest BCUT2D eigenvalue weighted by Crippen LogP contribution is 2.48. The van der Waals surface area contributed by atoms with Crippen molar-refractivity contribution in [2.75, 3.05) is 28.4 Å². The highest BCUT2D eigenvalue weighted by molar-refractivity contribution is 5.80. The number of hydrogen-bond acceptors (Lipinski definition) is 12. The average Bonchev–Trinajstić information content (AvgIpc) is 3.02. The fraction of sp³-hybridized carbons (Fsp3) is 0.235. The third kappa shape index (κ3) is 6.23. The van der Waals surface area contributed by atoms with Crippen LogP contribution >= 0.6 is 0 Å². The second kappa shape index (κ2) is 13.1. The van der Waals surface area contributed by atoms with Gasteiger partial charge >= 0.3 is 11.9 Å². The zero-order valence-electron chi connectivity index (χ0n) is 25.4. The smallest absolute Gasteiger partial charge is 0.312 e. The van der Waals surface area contributed by atoms with Crippen LogP contribution in [0.2, 0.25) is 0 Å². The Balaban J connectivity index is 0.000000181. The maximum absolute atomic E-state index is 11.9. The van der Waals surface area contributed by atoms with E-state index in [1.807, 2.05) is 0 Å². The molecule has 0 saturated heterocycles. The van der Waals surface area contributed by atoms with Crippen LogP contribution in [0.4, 0.5) is 0 Å². The first kappa shape index (κ1) is 31.6. The largest absolute Gasteiger partial charge is 0.508 e. The van der Waals surface area contributed by atoms with Crippen molar-refractivity contribution in [3.63, 3.8) is 0 Å². The van der Waals surface area contributed by atoms with Gasteiger partial charge in [-0.05, 0) is 35.4 Å². The van der Waals surface area contributed by atoms with Crippen molar-refractivity contribution in [3.8, 4) is 57.5 Å². The Morgan fingerprint density at radius 1 is 0.543 bits per heavy atom. The number of fused-ring (bicyclic) bond motifs is 2. The molecular formula is C34H32O12. The van der Waals surface area contributed by atoms with Crippen molar-refractivity contribution in [2.45, 2.75) is 24.7 Å². The number of ether oxygens (including phenoxy) is 6. The van der Waals surface area contributed by atoms with Gasteiger partial charge < -0.3 is 48.8 Å². The number of aromatic hydroxyl groups is 4. The Hall–Kier alpha value is -5.78. The molecule has 2 atom stereocenters. The number of carbonyl (C=O) groups excluding carboxylic acids is 2. The van der Waals surface area contributed by atoms with E-state index in [9.17, 15) is 30.0 Å². The minimum atomic E-state index is -0.428. The standard InChI is InChI=1S/2C17H16O6/c2*1-21-13-4-3-9(5-14(13)22-2)11-8-16(20)23-15-7-10(18)6-12(19)17(11)15/h2*3-7,11,18-19H,8H2,1-2H3/t2*11-/m10/s1. The summed E-state index contributed by atoms with van der Waals surface area (Å²) in [6, 6.07) is 15.7. The van der Waals surface area contributed by atoms with Crippen molar-refractivity contribution >= 4 is 11.9 Å². The van der Waals surface area contributed by atoms with Crippen LogP contribution in [0, 0.1) is 0 Å². The molecule has 240 valence electrons. The van der Waals surface area contributed by atoms with E-state index >= 15 is 0 Å². The molecule has 0 radical (unpaired) electrons. The van der Waals surface area contributed by atoms with E-state index in [0.29, 0.717) is 34.1 Å². The van der Waals surface area contributed by atoms with E-state index in [2.05, 4.69) is 0 Å². The van der Waals surface area contributed by atoms with Crippen LogP contribution in [-0.4, -0.2) is 60.8 Å². The molecule has 0 spiro atoms. The van der Waals surface area contributed by atoms with Gasteiger partial charge in [0.1, 0.15) is 34.5 Å². The predicted molar refractivity (Wildman–Crippen MR) is 163 cm³/mol. The van der Waals surface area contributed by atoms with Gasteiger partial charge in [0.15, 0.2) is 23.0 Å². The van der Waals surface area contributed by atoms with Crippen LogP contribution < -0.4 is 28.4 Å². The molecule has 2 aliphatic rings. The minimum absolute atomic E-state index is 0.0841. The summed E-state index contributed by atoms with van der Waals surface area (Å²) in [5.74, 6) is 0.325. The highest BCUT2D eigenvalue weighted by atomic mass is 16.5. The summed E-state index contributed by atoms with van der Waals surface area (Å²) in [5.41, 5.74) is 2.49. The molecule has 0 bridgehead atoms. The molecule has 12 nitrogen and oxygen atoms in total. The monoisotopic (exact) mass is 632 g/mol. The van der Waals surface area contributed by atoms with E-state index in [-0.39, 0.29) is 47.3 Å². The summed E-state index contributed by atoms with van der Waals surface area (Å²) < 4.78 is 31.3. The third-order valence-electron chi connectivity index (χ3n) is 7.72. The maximum atomic E-state index is 11.9. The van der Waals surface area contributed by atoms with E-state index in [0.717, 1.165) is 11.1 Å². The van der Waals surface area contributed by atoms with Gasteiger partial charge in [-0.15, -0.1) is 0 Å². The first-order valence-electron chi connectivity index (χ1n) is 14.0. The first-order valence-corrected chi connectivity index (χ1v) is 14.0. The molecule has 0 fully saturated rings. The maximum Gasteiger partial charge on any atom is 0.312 e. The van der Waals surface area contributed by atoms with Gasteiger partial charge in [-0.25, -0.2) is 0 Å². The first-order chi connectivity index (χ1) is 22.1. The lowest BCUT2D eigenvalue weighted by molar-refractivity contribution is -0.136. The predicted octanol–water partition coefficient (Wildman–Crippen LogP) is 5.11. The average molecular weight is 633 g/mol. The molecule has 0 aromatic heterocycles. The van der Waals surface area contributed by atoms with E-state index in [1.165, 1.54) is 38.5 Å². The number of phenolic OH excluding ortho intramolecular Hbond substituents is 4. The van der Waals surface area contributed by atoms with Gasteiger partial charge in [0.2, 0.25) is 0 Å². The van der Waals surface area contributed by atoms with Crippen molar-refractivity contribution in [1.82, 2.24) is 0 Å². The molecular weight excluding hydrogens is 600 g/mol. The molecule has 0 amide bonds.